The van der Waals surface area contributed by atoms with Crippen LogP contribution in [0.2, 0.25) is 5.02 Å². The predicted molar refractivity (Wildman–Crippen MR) is 107 cm³/mol. The molecule has 0 aliphatic carbocycles. The summed E-state index contributed by atoms with van der Waals surface area (Å²) in [6.45, 7) is 4.17. The summed E-state index contributed by atoms with van der Waals surface area (Å²) in [7, 11) is 0. The van der Waals surface area contributed by atoms with E-state index in [1.165, 1.54) is 17.4 Å². The van der Waals surface area contributed by atoms with Crippen LogP contribution < -0.4 is 14.5 Å². The lowest BCUT2D eigenvalue weighted by Gasteiger charge is -2.36. The maximum Gasteiger partial charge on any atom is 0.271 e. The molecule has 3 aromatic rings. The Bertz CT molecular complexity index is 832. The molecule has 26 heavy (non-hydrogen) atoms. The summed E-state index contributed by atoms with van der Waals surface area (Å²) in [6.07, 6.45) is 0. The molecule has 1 saturated heterocycles. The van der Waals surface area contributed by atoms with E-state index in [0.29, 0.717) is 12.5 Å². The zero-order valence-corrected chi connectivity index (χ0v) is 15.8. The molecule has 0 saturated carbocycles. The molecule has 0 spiro atoms. The van der Waals surface area contributed by atoms with Gasteiger partial charge in [-0.15, -0.1) is 4.37 Å². The van der Waals surface area contributed by atoms with E-state index in [-0.39, 0.29) is 0 Å². The monoisotopic (exact) mass is 386 g/mol. The fraction of sp³-hybridized carbons (Fsp3) is 0.263. The summed E-state index contributed by atoms with van der Waals surface area (Å²) in [5.74, 6) is 1.45. The number of para-hydroxylation sites is 1. The molecule has 1 aliphatic rings. The van der Waals surface area contributed by atoms with Gasteiger partial charge in [-0.3, -0.25) is 0 Å². The fourth-order valence-electron chi connectivity index (χ4n) is 3.01. The van der Waals surface area contributed by atoms with Crippen molar-refractivity contribution in [3.05, 3.63) is 65.2 Å². The van der Waals surface area contributed by atoms with Crippen molar-refractivity contribution in [3.8, 4) is 5.88 Å². The average Bonchev–Trinajstić information content (AvgIpc) is 3.17. The smallest absolute Gasteiger partial charge is 0.271 e. The van der Waals surface area contributed by atoms with E-state index in [0.717, 1.165) is 42.6 Å². The largest absolute Gasteiger partial charge is 0.470 e. The number of halogens is 1. The standard InChI is InChI=1S/C19H19ClN4OS/c20-16-8-6-15(7-9-16)14-25-19-18(21-26-22-19)24-12-10-23(11-13-24)17-4-2-1-3-5-17/h1-9H,10-14H2. The van der Waals surface area contributed by atoms with Gasteiger partial charge in [0, 0.05) is 36.9 Å². The van der Waals surface area contributed by atoms with Gasteiger partial charge in [-0.25, -0.2) is 0 Å². The molecule has 0 radical (unpaired) electrons. The zero-order valence-electron chi connectivity index (χ0n) is 14.2. The minimum absolute atomic E-state index is 0.458. The summed E-state index contributed by atoms with van der Waals surface area (Å²) in [6, 6.07) is 18.2. The minimum Gasteiger partial charge on any atom is -0.470 e. The van der Waals surface area contributed by atoms with Crippen LogP contribution in [0.15, 0.2) is 54.6 Å². The van der Waals surface area contributed by atoms with Crippen LogP contribution in [-0.4, -0.2) is 34.9 Å². The van der Waals surface area contributed by atoms with Crippen molar-refractivity contribution in [2.24, 2.45) is 0 Å². The van der Waals surface area contributed by atoms with Gasteiger partial charge in [0.25, 0.3) is 5.88 Å². The number of ether oxygens (including phenoxy) is 1. The Hall–Kier alpha value is -2.31. The molecule has 5 nitrogen and oxygen atoms in total. The first-order valence-corrected chi connectivity index (χ1v) is 9.65. The average molecular weight is 387 g/mol. The Morgan fingerprint density at radius 2 is 1.58 bits per heavy atom. The van der Waals surface area contributed by atoms with Gasteiger partial charge in [0.2, 0.25) is 5.82 Å². The highest BCUT2D eigenvalue weighted by Gasteiger charge is 2.23. The summed E-state index contributed by atoms with van der Waals surface area (Å²) < 4.78 is 14.7. The second kappa shape index (κ2) is 7.93. The maximum atomic E-state index is 5.92. The van der Waals surface area contributed by atoms with Crippen molar-refractivity contribution >= 4 is 34.8 Å². The highest BCUT2D eigenvalue weighted by atomic mass is 35.5. The third kappa shape index (κ3) is 3.92. The Balaban J connectivity index is 1.37. The molecule has 1 fully saturated rings. The molecule has 0 atom stereocenters. The van der Waals surface area contributed by atoms with Gasteiger partial charge in [-0.1, -0.05) is 41.9 Å². The van der Waals surface area contributed by atoms with Crippen molar-refractivity contribution in [2.75, 3.05) is 36.0 Å². The molecular weight excluding hydrogens is 368 g/mol. The van der Waals surface area contributed by atoms with E-state index >= 15 is 0 Å². The molecule has 1 aliphatic heterocycles. The third-order valence-electron chi connectivity index (χ3n) is 4.43. The van der Waals surface area contributed by atoms with Crippen LogP contribution in [0.25, 0.3) is 0 Å². The molecule has 7 heteroatoms. The molecule has 0 N–H and O–H groups in total. The first-order chi connectivity index (χ1) is 12.8. The van der Waals surface area contributed by atoms with Gasteiger partial charge in [0.05, 0.1) is 11.7 Å². The van der Waals surface area contributed by atoms with Crippen molar-refractivity contribution < 1.29 is 4.74 Å². The summed E-state index contributed by atoms with van der Waals surface area (Å²) in [5.41, 5.74) is 2.32. The Labute approximate surface area is 162 Å². The van der Waals surface area contributed by atoms with Gasteiger partial charge in [-0.2, -0.15) is 4.37 Å². The van der Waals surface area contributed by atoms with E-state index in [1.54, 1.807) is 0 Å². The van der Waals surface area contributed by atoms with Crippen LogP contribution in [0, 0.1) is 0 Å². The maximum absolute atomic E-state index is 5.92. The van der Waals surface area contributed by atoms with E-state index in [4.69, 9.17) is 16.3 Å². The third-order valence-corrected chi connectivity index (χ3v) is 5.19. The Morgan fingerprint density at radius 3 is 2.31 bits per heavy atom. The number of aromatic nitrogens is 2. The van der Waals surface area contributed by atoms with Crippen LogP contribution in [0.1, 0.15) is 5.56 Å². The van der Waals surface area contributed by atoms with Crippen LogP contribution in [0.5, 0.6) is 5.88 Å². The Morgan fingerprint density at radius 1 is 0.885 bits per heavy atom. The fourth-order valence-corrected chi connectivity index (χ4v) is 3.65. The quantitative estimate of drug-likeness (QED) is 0.660. The predicted octanol–water partition coefficient (Wildman–Crippen LogP) is 4.10. The van der Waals surface area contributed by atoms with Crippen LogP contribution in [-0.2, 0) is 6.61 Å². The number of piperazine rings is 1. The van der Waals surface area contributed by atoms with Crippen LogP contribution >= 0.6 is 23.3 Å². The minimum atomic E-state index is 0.458. The lowest BCUT2D eigenvalue weighted by Crippen LogP contribution is -2.46. The van der Waals surface area contributed by atoms with Gasteiger partial charge in [-0.05, 0) is 29.8 Å². The number of nitrogens with zero attached hydrogens (tertiary/aromatic N) is 4. The van der Waals surface area contributed by atoms with Crippen LogP contribution in [0.3, 0.4) is 0 Å². The van der Waals surface area contributed by atoms with Gasteiger partial charge in [0.1, 0.15) is 6.61 Å². The van der Waals surface area contributed by atoms with Gasteiger partial charge < -0.3 is 14.5 Å². The molecule has 2 heterocycles. The lowest BCUT2D eigenvalue weighted by atomic mass is 10.2. The van der Waals surface area contributed by atoms with E-state index in [2.05, 4.69) is 42.8 Å². The number of hydrogen-bond donors (Lipinski definition) is 0. The topological polar surface area (TPSA) is 41.5 Å². The highest BCUT2D eigenvalue weighted by Crippen LogP contribution is 2.28. The van der Waals surface area contributed by atoms with Gasteiger partial charge in [0.15, 0.2) is 0 Å². The summed E-state index contributed by atoms with van der Waals surface area (Å²) in [4.78, 5) is 4.64. The number of anilines is 2. The number of benzene rings is 2. The van der Waals surface area contributed by atoms with E-state index in [1.807, 2.05) is 30.3 Å². The van der Waals surface area contributed by atoms with Crippen molar-refractivity contribution in [2.45, 2.75) is 6.61 Å². The van der Waals surface area contributed by atoms with Crippen molar-refractivity contribution in [1.29, 1.82) is 0 Å². The van der Waals surface area contributed by atoms with Crippen molar-refractivity contribution in [3.63, 3.8) is 0 Å². The van der Waals surface area contributed by atoms with E-state index in [9.17, 15) is 0 Å². The Kier molecular flexibility index (Phi) is 5.22. The number of hydrogen-bond acceptors (Lipinski definition) is 6. The molecular formula is C19H19ClN4OS. The molecule has 134 valence electrons. The van der Waals surface area contributed by atoms with E-state index < -0.39 is 0 Å². The normalized spacial score (nSPS) is 14.5. The second-order valence-electron chi connectivity index (χ2n) is 6.12. The highest BCUT2D eigenvalue weighted by molar-refractivity contribution is 6.99. The zero-order chi connectivity index (χ0) is 17.8. The van der Waals surface area contributed by atoms with Gasteiger partial charge >= 0.3 is 0 Å². The first kappa shape index (κ1) is 17.1. The molecule has 2 aromatic carbocycles. The summed E-state index contributed by atoms with van der Waals surface area (Å²) >= 11 is 7.12. The molecule has 0 bridgehead atoms. The lowest BCUT2D eigenvalue weighted by molar-refractivity contribution is 0.296. The first-order valence-electron chi connectivity index (χ1n) is 8.54. The summed E-state index contributed by atoms with van der Waals surface area (Å²) in [5, 5.41) is 0.723. The number of rotatable bonds is 5. The van der Waals surface area contributed by atoms with Crippen LogP contribution in [0.4, 0.5) is 11.5 Å². The van der Waals surface area contributed by atoms with Crippen molar-refractivity contribution in [1.82, 2.24) is 8.75 Å². The molecule has 1 aromatic heterocycles. The molecule has 4 rings (SSSR count). The second-order valence-corrected chi connectivity index (χ2v) is 7.08. The molecule has 0 amide bonds. The molecule has 0 unspecified atom stereocenters. The SMILES string of the molecule is Clc1ccc(COc2nsnc2N2CCN(c3ccccc3)CC2)cc1.